The Balaban J connectivity index is 2.04. The second kappa shape index (κ2) is 3.37. The van der Waals surface area contributed by atoms with Crippen LogP contribution in [0.25, 0.3) is 0 Å². The largest absolute Gasteiger partial charge is 0.314 e. The summed E-state index contributed by atoms with van der Waals surface area (Å²) in [6.45, 7) is 5.84. The molecular formula is C11H21N. The van der Waals surface area contributed by atoms with Crippen molar-refractivity contribution < 1.29 is 0 Å². The fourth-order valence-corrected chi connectivity index (χ4v) is 3.43. The van der Waals surface area contributed by atoms with Gasteiger partial charge in [-0.25, -0.2) is 0 Å². The van der Waals surface area contributed by atoms with Crippen LogP contribution in [0.3, 0.4) is 0 Å². The minimum Gasteiger partial charge on any atom is -0.314 e. The highest BCUT2D eigenvalue weighted by Crippen LogP contribution is 2.45. The molecule has 0 aromatic heterocycles. The van der Waals surface area contributed by atoms with E-state index in [4.69, 9.17) is 0 Å². The molecule has 2 rings (SSSR count). The summed E-state index contributed by atoms with van der Waals surface area (Å²) in [5, 5.41) is 3.68. The minimum atomic E-state index is 0.874. The molecule has 2 bridgehead atoms. The zero-order chi connectivity index (χ0) is 8.55. The van der Waals surface area contributed by atoms with Gasteiger partial charge < -0.3 is 5.32 Å². The highest BCUT2D eigenvalue weighted by Gasteiger charge is 2.42. The molecule has 0 radical (unpaired) electrons. The van der Waals surface area contributed by atoms with E-state index in [-0.39, 0.29) is 0 Å². The maximum absolute atomic E-state index is 3.68. The molecule has 70 valence electrons. The Bertz CT molecular complexity index is 155. The molecule has 1 N–H and O–H groups in total. The standard InChI is InChI=1S/C11H21N/c1-3-12-11-9-5-4-6-10(11)8(2)7-9/h8-12H,3-7H2,1-2H3/t8-,9?,10?,11?/m0/s1. The summed E-state index contributed by atoms with van der Waals surface area (Å²) in [6, 6.07) is 0.874. The van der Waals surface area contributed by atoms with E-state index < -0.39 is 0 Å². The first-order chi connectivity index (χ1) is 5.83. The third kappa shape index (κ3) is 1.28. The first-order valence-corrected chi connectivity index (χ1v) is 5.56. The van der Waals surface area contributed by atoms with Crippen molar-refractivity contribution >= 4 is 0 Å². The molecule has 2 aliphatic rings. The van der Waals surface area contributed by atoms with Gasteiger partial charge in [0.2, 0.25) is 0 Å². The molecule has 0 aliphatic heterocycles. The Morgan fingerprint density at radius 1 is 1.33 bits per heavy atom. The van der Waals surface area contributed by atoms with E-state index in [1.165, 1.54) is 25.7 Å². The summed E-state index contributed by atoms with van der Waals surface area (Å²) in [5.74, 6) is 3.00. The summed E-state index contributed by atoms with van der Waals surface area (Å²) in [5.41, 5.74) is 0. The smallest absolute Gasteiger partial charge is 0.0126 e. The molecule has 2 fully saturated rings. The van der Waals surface area contributed by atoms with Crippen LogP contribution in [-0.4, -0.2) is 12.6 Å². The van der Waals surface area contributed by atoms with Crippen molar-refractivity contribution in [3.8, 4) is 0 Å². The average Bonchev–Trinajstić information content (AvgIpc) is 2.27. The Hall–Kier alpha value is -0.0400. The van der Waals surface area contributed by atoms with Crippen molar-refractivity contribution in [3.63, 3.8) is 0 Å². The summed E-state index contributed by atoms with van der Waals surface area (Å²) < 4.78 is 0. The van der Waals surface area contributed by atoms with Crippen LogP contribution in [0.1, 0.15) is 39.5 Å². The monoisotopic (exact) mass is 167 g/mol. The van der Waals surface area contributed by atoms with Gasteiger partial charge in [0, 0.05) is 6.04 Å². The molecule has 0 saturated heterocycles. The van der Waals surface area contributed by atoms with Crippen molar-refractivity contribution in [1.29, 1.82) is 0 Å². The first kappa shape index (κ1) is 8.55. The van der Waals surface area contributed by atoms with E-state index >= 15 is 0 Å². The lowest BCUT2D eigenvalue weighted by Crippen LogP contribution is -2.40. The molecule has 0 amide bonds. The van der Waals surface area contributed by atoms with E-state index in [0.29, 0.717) is 0 Å². The van der Waals surface area contributed by atoms with Crippen molar-refractivity contribution in [2.24, 2.45) is 17.8 Å². The lowest BCUT2D eigenvalue weighted by molar-refractivity contribution is 0.244. The Morgan fingerprint density at radius 2 is 2.17 bits per heavy atom. The van der Waals surface area contributed by atoms with Gasteiger partial charge in [0.15, 0.2) is 0 Å². The van der Waals surface area contributed by atoms with E-state index in [0.717, 1.165) is 30.3 Å². The average molecular weight is 167 g/mol. The minimum absolute atomic E-state index is 0.874. The lowest BCUT2D eigenvalue weighted by atomic mass is 9.82. The van der Waals surface area contributed by atoms with E-state index in [1.807, 2.05) is 0 Å². The van der Waals surface area contributed by atoms with Crippen LogP contribution in [0.15, 0.2) is 0 Å². The van der Waals surface area contributed by atoms with E-state index in [9.17, 15) is 0 Å². The van der Waals surface area contributed by atoms with Gasteiger partial charge >= 0.3 is 0 Å². The zero-order valence-electron chi connectivity index (χ0n) is 8.34. The van der Waals surface area contributed by atoms with Gasteiger partial charge in [-0.1, -0.05) is 20.3 Å². The van der Waals surface area contributed by atoms with Crippen LogP contribution in [-0.2, 0) is 0 Å². The maximum Gasteiger partial charge on any atom is 0.0126 e. The van der Waals surface area contributed by atoms with Crippen LogP contribution >= 0.6 is 0 Å². The highest BCUT2D eigenvalue weighted by atomic mass is 14.9. The van der Waals surface area contributed by atoms with E-state index in [1.54, 1.807) is 0 Å². The molecule has 2 aliphatic carbocycles. The fourth-order valence-electron chi connectivity index (χ4n) is 3.43. The van der Waals surface area contributed by atoms with Gasteiger partial charge in [0.1, 0.15) is 0 Å². The van der Waals surface area contributed by atoms with Crippen LogP contribution in [0, 0.1) is 17.8 Å². The molecule has 1 nitrogen and oxygen atoms in total. The normalized spacial score (nSPS) is 46.5. The van der Waals surface area contributed by atoms with Crippen LogP contribution in [0.4, 0.5) is 0 Å². The van der Waals surface area contributed by atoms with Crippen molar-refractivity contribution in [2.45, 2.75) is 45.6 Å². The molecule has 3 unspecified atom stereocenters. The SMILES string of the molecule is CCNC1C2CCCC1[C@@H](C)C2. The summed E-state index contributed by atoms with van der Waals surface area (Å²) in [6.07, 6.45) is 5.94. The van der Waals surface area contributed by atoms with Crippen molar-refractivity contribution in [3.05, 3.63) is 0 Å². The second-order valence-corrected chi connectivity index (χ2v) is 4.65. The number of hydrogen-bond donors (Lipinski definition) is 1. The fraction of sp³-hybridized carbons (Fsp3) is 1.00. The lowest BCUT2D eigenvalue weighted by Gasteiger charge is -2.31. The Kier molecular flexibility index (Phi) is 2.40. The van der Waals surface area contributed by atoms with Gasteiger partial charge in [0.05, 0.1) is 0 Å². The van der Waals surface area contributed by atoms with Crippen LogP contribution in [0.5, 0.6) is 0 Å². The molecule has 0 heterocycles. The van der Waals surface area contributed by atoms with Crippen molar-refractivity contribution in [1.82, 2.24) is 5.32 Å². The van der Waals surface area contributed by atoms with Gasteiger partial charge in [-0.05, 0) is 43.6 Å². The molecule has 12 heavy (non-hydrogen) atoms. The second-order valence-electron chi connectivity index (χ2n) is 4.65. The number of fused-ring (bicyclic) bond motifs is 2. The highest BCUT2D eigenvalue weighted by molar-refractivity contribution is 4.96. The molecule has 4 atom stereocenters. The molecular weight excluding hydrogens is 146 g/mol. The van der Waals surface area contributed by atoms with E-state index in [2.05, 4.69) is 19.2 Å². The van der Waals surface area contributed by atoms with Crippen LogP contribution in [0.2, 0.25) is 0 Å². The molecule has 0 aromatic rings. The van der Waals surface area contributed by atoms with Crippen LogP contribution < -0.4 is 5.32 Å². The first-order valence-electron chi connectivity index (χ1n) is 5.56. The Morgan fingerprint density at radius 3 is 2.83 bits per heavy atom. The molecule has 0 spiro atoms. The van der Waals surface area contributed by atoms with Gasteiger partial charge in [0.25, 0.3) is 0 Å². The Labute approximate surface area is 75.9 Å². The summed E-state index contributed by atoms with van der Waals surface area (Å²) in [4.78, 5) is 0. The number of hydrogen-bond acceptors (Lipinski definition) is 1. The maximum atomic E-state index is 3.68. The van der Waals surface area contributed by atoms with Gasteiger partial charge in [-0.15, -0.1) is 0 Å². The summed E-state index contributed by atoms with van der Waals surface area (Å²) >= 11 is 0. The topological polar surface area (TPSA) is 12.0 Å². The van der Waals surface area contributed by atoms with Gasteiger partial charge in [-0.3, -0.25) is 0 Å². The van der Waals surface area contributed by atoms with Crippen molar-refractivity contribution in [2.75, 3.05) is 6.54 Å². The van der Waals surface area contributed by atoms with Gasteiger partial charge in [-0.2, -0.15) is 0 Å². The third-order valence-corrected chi connectivity index (χ3v) is 3.93. The zero-order valence-corrected chi connectivity index (χ0v) is 8.34. The molecule has 0 aromatic carbocycles. The number of rotatable bonds is 2. The number of nitrogens with one attached hydrogen (secondary N) is 1. The predicted octanol–water partition coefficient (Wildman–Crippen LogP) is 2.42. The quantitative estimate of drug-likeness (QED) is 0.666. The molecule has 2 saturated carbocycles. The summed E-state index contributed by atoms with van der Waals surface area (Å²) in [7, 11) is 0. The predicted molar refractivity (Wildman–Crippen MR) is 52.1 cm³/mol. The molecule has 1 heteroatoms. The third-order valence-electron chi connectivity index (χ3n) is 3.93.